The lowest BCUT2D eigenvalue weighted by Crippen LogP contribution is -2.52. The lowest BCUT2D eigenvalue weighted by Gasteiger charge is -2.29. The van der Waals surface area contributed by atoms with Gasteiger partial charge in [0.2, 0.25) is 23.6 Å². The van der Waals surface area contributed by atoms with E-state index in [4.69, 9.17) is 4.74 Å². The van der Waals surface area contributed by atoms with Crippen LogP contribution in [0.5, 0.6) is 5.75 Å². The predicted octanol–water partition coefficient (Wildman–Crippen LogP) is 5.34. The predicted molar refractivity (Wildman–Crippen MR) is 237 cm³/mol. The van der Waals surface area contributed by atoms with E-state index in [1.54, 1.807) is 31.4 Å². The minimum atomic E-state index is -0.620. The molecule has 2 aromatic heterocycles. The van der Waals surface area contributed by atoms with Gasteiger partial charge in [0.25, 0.3) is 11.8 Å². The second-order valence-corrected chi connectivity index (χ2v) is 17.5. The summed E-state index contributed by atoms with van der Waals surface area (Å²) >= 11 is 2.62. The number of hydrogen-bond donors (Lipinski definition) is 6. The first-order chi connectivity index (χ1) is 30.9. The Labute approximate surface area is 374 Å². The maximum absolute atomic E-state index is 12.8. The first kappa shape index (κ1) is 43.3. The van der Waals surface area contributed by atoms with E-state index < -0.39 is 23.9 Å². The van der Waals surface area contributed by atoms with Gasteiger partial charge in [0, 0.05) is 47.1 Å². The summed E-state index contributed by atoms with van der Waals surface area (Å²) in [6.07, 6.45) is 1.14. The van der Waals surface area contributed by atoms with Crippen LogP contribution in [0.1, 0.15) is 65.9 Å². The van der Waals surface area contributed by atoms with Crippen molar-refractivity contribution >= 4 is 81.6 Å². The Balaban J connectivity index is 0.000000176. The number of methoxy groups -OCH3 is 1. The topological polar surface area (TPSA) is 224 Å². The molecule has 2 saturated heterocycles. The average molecular weight is 903 g/mol. The minimum absolute atomic E-state index is 0.205. The molecule has 17 nitrogen and oxygen atoms in total. The first-order valence-corrected chi connectivity index (χ1v) is 22.0. The minimum Gasteiger partial charge on any atom is -0.497 e. The summed E-state index contributed by atoms with van der Waals surface area (Å²) in [5.41, 5.74) is 5.17. The maximum atomic E-state index is 12.8. The van der Waals surface area contributed by atoms with Gasteiger partial charge in [-0.15, -0.1) is 22.7 Å². The normalized spacial score (nSPS) is 17.7. The van der Waals surface area contributed by atoms with Crippen LogP contribution in [0.25, 0.3) is 11.1 Å². The number of hydrogen-bond acceptors (Lipinski definition) is 11. The van der Waals surface area contributed by atoms with Crippen molar-refractivity contribution in [3.63, 3.8) is 0 Å². The molecule has 2 atom stereocenters. The number of fused-ring (bicyclic) bond motifs is 2. The summed E-state index contributed by atoms with van der Waals surface area (Å²) in [6.45, 7) is 1.23. The molecular formula is C45H42N8O9S2. The second-order valence-electron chi connectivity index (χ2n) is 15.2. The fraction of sp³-hybridized carbons (Fsp3) is 0.244. The Kier molecular flexibility index (Phi) is 12.8. The fourth-order valence-electron chi connectivity index (χ4n) is 7.71. The number of piperidine rings is 2. The van der Waals surface area contributed by atoms with Gasteiger partial charge < -0.3 is 35.8 Å². The van der Waals surface area contributed by atoms with E-state index in [9.17, 15) is 38.4 Å². The van der Waals surface area contributed by atoms with Crippen molar-refractivity contribution in [2.75, 3.05) is 17.7 Å². The standard InChI is InChI=1S/C25H22N4O4S.C20H20N4O5S/c30-21-11-10-20(23(31)28-21)29-14-17-12-19(34-22(17)24(29)32)13-26-25(33)27-18-8-6-16(7-9-18)15-4-2-1-3-5-15;1-29-13-4-2-12(3-5-13)22-20(28)21-9-14-8-11-10-24(19(27)17(11)30-14)15-6-7-16(25)23-18(15)26/h1-9,12,20H,10-11,13-14H2,(H2,26,27,33)(H,28,30,31);2-5,8,15H,6-7,9-10H2,1H3,(H2,21,22,28)(H,23,25,26). The van der Waals surface area contributed by atoms with Crippen molar-refractivity contribution in [1.29, 1.82) is 0 Å². The highest BCUT2D eigenvalue weighted by molar-refractivity contribution is 7.14. The molecule has 4 aliphatic heterocycles. The average Bonchev–Trinajstić information content (AvgIpc) is 4.04. The second kappa shape index (κ2) is 18.9. The number of imide groups is 2. The summed E-state index contributed by atoms with van der Waals surface area (Å²) in [5, 5.41) is 15.7. The zero-order valence-corrected chi connectivity index (χ0v) is 36.0. The smallest absolute Gasteiger partial charge is 0.319 e. The molecule has 0 saturated carbocycles. The van der Waals surface area contributed by atoms with E-state index in [1.165, 1.54) is 32.5 Å². The quantitative estimate of drug-likeness (QED) is 0.0995. The Hall–Kier alpha value is -7.38. The summed E-state index contributed by atoms with van der Waals surface area (Å²) in [7, 11) is 1.57. The first-order valence-electron chi connectivity index (χ1n) is 20.3. The zero-order valence-electron chi connectivity index (χ0n) is 34.4. The van der Waals surface area contributed by atoms with Crippen molar-refractivity contribution in [2.24, 2.45) is 0 Å². The van der Waals surface area contributed by atoms with Gasteiger partial charge in [-0.25, -0.2) is 9.59 Å². The number of thiophene rings is 2. The largest absolute Gasteiger partial charge is 0.497 e. The van der Waals surface area contributed by atoms with Crippen molar-refractivity contribution in [3.05, 3.63) is 122 Å². The van der Waals surface area contributed by atoms with Crippen molar-refractivity contribution < 1.29 is 43.1 Å². The third-order valence-electron chi connectivity index (χ3n) is 10.9. The SMILES string of the molecule is COc1ccc(NC(=O)NCc2cc3c(s2)C(=O)N(C2CCC(=O)NC2=O)C3)cc1.O=C1CCC(N2Cc3cc(CNC(=O)Nc4ccc(-c5ccccc5)cc4)sc3C2=O)C(=O)N1. The molecule has 0 bridgehead atoms. The van der Waals surface area contributed by atoms with Gasteiger partial charge >= 0.3 is 12.1 Å². The van der Waals surface area contributed by atoms with Gasteiger partial charge in [-0.2, -0.15) is 0 Å². The van der Waals surface area contributed by atoms with Crippen LogP contribution in [-0.4, -0.2) is 76.5 Å². The number of nitrogens with one attached hydrogen (secondary N) is 6. The number of carbonyl (C=O) groups excluding carboxylic acids is 8. The summed E-state index contributed by atoms with van der Waals surface area (Å²) in [6, 6.07) is 26.4. The Morgan fingerprint density at radius 3 is 1.48 bits per heavy atom. The number of rotatable bonds is 10. The molecule has 2 unspecified atom stereocenters. The van der Waals surface area contributed by atoms with Gasteiger partial charge in [-0.1, -0.05) is 42.5 Å². The van der Waals surface area contributed by atoms with Gasteiger partial charge in [-0.3, -0.25) is 39.4 Å². The van der Waals surface area contributed by atoms with Gasteiger partial charge in [-0.05, 0) is 83.6 Å². The number of urea groups is 2. The van der Waals surface area contributed by atoms with Crippen LogP contribution in [0.4, 0.5) is 21.0 Å². The van der Waals surface area contributed by atoms with Crippen LogP contribution >= 0.6 is 22.7 Å². The molecule has 6 heterocycles. The zero-order chi connectivity index (χ0) is 44.9. The summed E-state index contributed by atoms with van der Waals surface area (Å²) in [4.78, 5) is 103. The van der Waals surface area contributed by atoms with E-state index in [1.807, 2.05) is 66.7 Å². The van der Waals surface area contributed by atoms with Crippen molar-refractivity contribution in [1.82, 2.24) is 31.1 Å². The molecule has 5 aromatic rings. The van der Waals surface area contributed by atoms with Gasteiger partial charge in [0.15, 0.2) is 0 Å². The summed E-state index contributed by atoms with van der Waals surface area (Å²) in [5.74, 6) is -1.17. The molecule has 0 aliphatic carbocycles. The number of nitrogens with zero attached hydrogens (tertiary/aromatic N) is 2. The highest BCUT2D eigenvalue weighted by atomic mass is 32.1. The lowest BCUT2D eigenvalue weighted by molar-refractivity contribution is -0.138. The monoisotopic (exact) mass is 902 g/mol. The van der Waals surface area contributed by atoms with E-state index in [0.29, 0.717) is 52.8 Å². The van der Waals surface area contributed by atoms with E-state index in [0.717, 1.165) is 32.0 Å². The van der Waals surface area contributed by atoms with Crippen LogP contribution in [0.2, 0.25) is 0 Å². The molecule has 9 rings (SSSR count). The molecule has 0 spiro atoms. The maximum Gasteiger partial charge on any atom is 0.319 e. The Morgan fingerprint density at radius 1 is 0.625 bits per heavy atom. The molecule has 2 fully saturated rings. The van der Waals surface area contributed by atoms with Crippen LogP contribution in [0.15, 0.2) is 91.0 Å². The fourth-order valence-corrected chi connectivity index (χ4v) is 9.85. The van der Waals surface area contributed by atoms with E-state index in [-0.39, 0.29) is 61.6 Å². The van der Waals surface area contributed by atoms with Crippen molar-refractivity contribution in [2.45, 2.75) is 63.9 Å². The molecule has 64 heavy (non-hydrogen) atoms. The number of carbonyl (C=O) groups is 8. The van der Waals surface area contributed by atoms with E-state index >= 15 is 0 Å². The molecule has 19 heteroatoms. The van der Waals surface area contributed by atoms with Crippen LogP contribution in [-0.2, 0) is 45.4 Å². The van der Waals surface area contributed by atoms with Crippen LogP contribution in [0.3, 0.4) is 0 Å². The third-order valence-corrected chi connectivity index (χ3v) is 13.3. The summed E-state index contributed by atoms with van der Waals surface area (Å²) < 4.78 is 5.08. The molecule has 10 amide bonds. The van der Waals surface area contributed by atoms with Gasteiger partial charge in [0.05, 0.1) is 30.0 Å². The molecule has 328 valence electrons. The van der Waals surface area contributed by atoms with Crippen molar-refractivity contribution in [3.8, 4) is 16.9 Å². The molecule has 6 N–H and O–H groups in total. The molecule has 3 aromatic carbocycles. The molecule has 4 aliphatic rings. The number of benzene rings is 3. The lowest BCUT2D eigenvalue weighted by atomic mass is 10.0. The number of amides is 10. The van der Waals surface area contributed by atoms with E-state index in [2.05, 4.69) is 31.9 Å². The highest BCUT2D eigenvalue weighted by Gasteiger charge is 2.41. The van der Waals surface area contributed by atoms with Crippen LogP contribution in [0, 0.1) is 0 Å². The number of ether oxygens (including phenoxy) is 1. The Bertz CT molecular complexity index is 2650. The van der Waals surface area contributed by atoms with Crippen LogP contribution < -0.4 is 36.6 Å². The number of anilines is 2. The third kappa shape index (κ3) is 9.79. The highest BCUT2D eigenvalue weighted by Crippen LogP contribution is 2.35. The molecule has 0 radical (unpaired) electrons. The van der Waals surface area contributed by atoms with Gasteiger partial charge in [0.1, 0.15) is 17.8 Å². The molecular weight excluding hydrogens is 861 g/mol. The Morgan fingerprint density at radius 2 is 1.06 bits per heavy atom.